The predicted molar refractivity (Wildman–Crippen MR) is 111 cm³/mol. The highest BCUT2D eigenvalue weighted by molar-refractivity contribution is 5.93. The number of anilines is 1. The van der Waals surface area contributed by atoms with Crippen LogP contribution in [0, 0.1) is 5.92 Å². The molecule has 1 saturated carbocycles. The fraction of sp³-hybridized carbons (Fsp3) is 0.435. The van der Waals surface area contributed by atoms with Crippen LogP contribution in [0.15, 0.2) is 48.5 Å². The Labute approximate surface area is 167 Å². The molecule has 0 saturated heterocycles. The Hall–Kier alpha value is -2.37. The SMILES string of the molecule is COc1ccc(COCc2cccc(NC(=O)C3CCCCC3(C)N)c2)cc1. The van der Waals surface area contributed by atoms with Crippen LogP contribution in [-0.2, 0) is 22.7 Å². The van der Waals surface area contributed by atoms with Gasteiger partial charge in [0, 0.05) is 11.2 Å². The zero-order valence-electron chi connectivity index (χ0n) is 16.7. The first-order chi connectivity index (χ1) is 13.5. The molecule has 1 fully saturated rings. The van der Waals surface area contributed by atoms with Gasteiger partial charge in [0.1, 0.15) is 5.75 Å². The van der Waals surface area contributed by atoms with Crippen molar-refractivity contribution in [2.45, 2.75) is 51.4 Å². The van der Waals surface area contributed by atoms with Gasteiger partial charge in [-0.1, -0.05) is 37.1 Å². The number of rotatable bonds is 7. The summed E-state index contributed by atoms with van der Waals surface area (Å²) in [6, 6.07) is 15.6. The third-order valence-corrected chi connectivity index (χ3v) is 5.46. The van der Waals surface area contributed by atoms with Crippen LogP contribution in [0.1, 0.15) is 43.7 Å². The van der Waals surface area contributed by atoms with Gasteiger partial charge >= 0.3 is 0 Å². The fourth-order valence-electron chi connectivity index (χ4n) is 3.77. The third kappa shape index (κ3) is 5.33. The molecule has 2 aromatic carbocycles. The van der Waals surface area contributed by atoms with Gasteiger partial charge in [-0.25, -0.2) is 0 Å². The standard InChI is InChI=1S/C23H30N2O3/c1-23(24)13-4-3-8-21(23)22(26)25-19-7-5-6-18(14-19)16-28-15-17-9-11-20(27-2)12-10-17/h5-7,9-12,14,21H,3-4,8,13,15-16,24H2,1-2H3,(H,25,26). The second-order valence-corrected chi connectivity index (χ2v) is 7.83. The summed E-state index contributed by atoms with van der Waals surface area (Å²) in [6.45, 7) is 2.99. The maximum Gasteiger partial charge on any atom is 0.229 e. The molecule has 0 aliphatic heterocycles. The highest BCUT2D eigenvalue weighted by Gasteiger charge is 2.37. The minimum Gasteiger partial charge on any atom is -0.497 e. The molecule has 0 bridgehead atoms. The zero-order valence-corrected chi connectivity index (χ0v) is 16.7. The van der Waals surface area contributed by atoms with Crippen molar-refractivity contribution < 1.29 is 14.3 Å². The van der Waals surface area contributed by atoms with E-state index in [0.717, 1.165) is 48.2 Å². The minimum absolute atomic E-state index is 0.0148. The Kier molecular flexibility index (Phi) is 6.70. The number of ether oxygens (including phenoxy) is 2. The minimum atomic E-state index is -0.429. The van der Waals surface area contributed by atoms with Crippen molar-refractivity contribution in [2.24, 2.45) is 11.7 Å². The number of methoxy groups -OCH3 is 1. The number of carbonyl (C=O) groups is 1. The van der Waals surface area contributed by atoms with Crippen LogP contribution in [0.5, 0.6) is 5.75 Å². The van der Waals surface area contributed by atoms with Crippen LogP contribution in [0.3, 0.4) is 0 Å². The van der Waals surface area contributed by atoms with Crippen LogP contribution >= 0.6 is 0 Å². The molecule has 1 aliphatic carbocycles. The van der Waals surface area contributed by atoms with Gasteiger partial charge in [0.05, 0.1) is 26.2 Å². The van der Waals surface area contributed by atoms with E-state index in [1.807, 2.05) is 55.5 Å². The highest BCUT2D eigenvalue weighted by atomic mass is 16.5. The number of carbonyl (C=O) groups excluding carboxylic acids is 1. The Bertz CT molecular complexity index is 787. The second kappa shape index (κ2) is 9.22. The molecule has 0 heterocycles. The van der Waals surface area contributed by atoms with Crippen molar-refractivity contribution in [3.63, 3.8) is 0 Å². The lowest BCUT2D eigenvalue weighted by Gasteiger charge is -2.37. The van der Waals surface area contributed by atoms with Crippen LogP contribution in [-0.4, -0.2) is 18.6 Å². The van der Waals surface area contributed by atoms with Gasteiger partial charge in [-0.2, -0.15) is 0 Å². The summed E-state index contributed by atoms with van der Waals surface area (Å²) in [5.41, 5.74) is 8.82. The maximum absolute atomic E-state index is 12.7. The van der Waals surface area contributed by atoms with Crippen molar-refractivity contribution in [3.05, 3.63) is 59.7 Å². The maximum atomic E-state index is 12.7. The summed E-state index contributed by atoms with van der Waals surface area (Å²) in [7, 11) is 1.65. The number of hydrogen-bond donors (Lipinski definition) is 2. The smallest absolute Gasteiger partial charge is 0.229 e. The van der Waals surface area contributed by atoms with E-state index in [9.17, 15) is 4.79 Å². The van der Waals surface area contributed by atoms with Gasteiger partial charge in [0.2, 0.25) is 5.91 Å². The molecule has 2 atom stereocenters. The third-order valence-electron chi connectivity index (χ3n) is 5.46. The molecular weight excluding hydrogens is 352 g/mol. The molecule has 1 amide bonds. The van der Waals surface area contributed by atoms with E-state index in [4.69, 9.17) is 15.2 Å². The summed E-state index contributed by atoms with van der Waals surface area (Å²) >= 11 is 0. The molecule has 2 unspecified atom stereocenters. The summed E-state index contributed by atoms with van der Waals surface area (Å²) in [4.78, 5) is 12.7. The molecule has 0 spiro atoms. The number of hydrogen-bond acceptors (Lipinski definition) is 4. The van der Waals surface area contributed by atoms with Crippen molar-refractivity contribution in [2.75, 3.05) is 12.4 Å². The molecule has 150 valence electrons. The van der Waals surface area contributed by atoms with Gasteiger partial charge in [-0.3, -0.25) is 4.79 Å². The molecule has 0 aromatic heterocycles. The largest absolute Gasteiger partial charge is 0.497 e. The van der Waals surface area contributed by atoms with E-state index in [1.54, 1.807) is 7.11 Å². The normalized spacial score (nSPS) is 21.9. The quantitative estimate of drug-likeness (QED) is 0.750. The van der Waals surface area contributed by atoms with Crippen LogP contribution in [0.4, 0.5) is 5.69 Å². The second-order valence-electron chi connectivity index (χ2n) is 7.83. The van der Waals surface area contributed by atoms with E-state index >= 15 is 0 Å². The first-order valence-electron chi connectivity index (χ1n) is 9.87. The molecule has 2 aromatic rings. The molecule has 1 aliphatic rings. The van der Waals surface area contributed by atoms with Crippen molar-refractivity contribution in [1.29, 1.82) is 0 Å². The van der Waals surface area contributed by atoms with Crippen molar-refractivity contribution in [3.8, 4) is 5.75 Å². The lowest BCUT2D eigenvalue weighted by atomic mass is 9.74. The monoisotopic (exact) mass is 382 g/mol. The lowest BCUT2D eigenvalue weighted by molar-refractivity contribution is -0.122. The topological polar surface area (TPSA) is 73.6 Å². The average molecular weight is 383 g/mol. The molecule has 28 heavy (non-hydrogen) atoms. The molecule has 5 heteroatoms. The van der Waals surface area contributed by atoms with Gasteiger partial charge in [0.15, 0.2) is 0 Å². The Morgan fingerprint density at radius 3 is 2.61 bits per heavy atom. The van der Waals surface area contributed by atoms with Crippen LogP contribution in [0.25, 0.3) is 0 Å². The zero-order chi connectivity index (χ0) is 20.0. The number of amides is 1. The first-order valence-corrected chi connectivity index (χ1v) is 9.87. The van der Waals surface area contributed by atoms with Gasteiger partial charge < -0.3 is 20.5 Å². The fourth-order valence-corrected chi connectivity index (χ4v) is 3.77. The van der Waals surface area contributed by atoms with Crippen molar-refractivity contribution in [1.82, 2.24) is 0 Å². The van der Waals surface area contributed by atoms with Crippen molar-refractivity contribution >= 4 is 11.6 Å². The van der Waals surface area contributed by atoms with E-state index < -0.39 is 5.54 Å². The molecule has 5 nitrogen and oxygen atoms in total. The number of nitrogens with one attached hydrogen (secondary N) is 1. The Balaban J connectivity index is 1.53. The lowest BCUT2D eigenvalue weighted by Crippen LogP contribution is -2.51. The molecular formula is C23H30N2O3. The average Bonchev–Trinajstić information content (AvgIpc) is 2.68. The Morgan fingerprint density at radius 1 is 1.14 bits per heavy atom. The van der Waals surface area contributed by atoms with E-state index in [-0.39, 0.29) is 11.8 Å². The summed E-state index contributed by atoms with van der Waals surface area (Å²) in [5.74, 6) is 0.705. The summed E-state index contributed by atoms with van der Waals surface area (Å²) < 4.78 is 11.0. The van der Waals surface area contributed by atoms with Gasteiger partial charge in [-0.05, 0) is 55.2 Å². The van der Waals surface area contributed by atoms with Crippen LogP contribution in [0.2, 0.25) is 0 Å². The number of nitrogens with two attached hydrogens (primary N) is 1. The Morgan fingerprint density at radius 2 is 1.89 bits per heavy atom. The first kappa shape index (κ1) is 20.4. The van der Waals surface area contributed by atoms with Crippen LogP contribution < -0.4 is 15.8 Å². The highest BCUT2D eigenvalue weighted by Crippen LogP contribution is 2.32. The van der Waals surface area contributed by atoms with E-state index in [1.165, 1.54) is 0 Å². The van der Waals surface area contributed by atoms with Gasteiger partial charge in [0.25, 0.3) is 0 Å². The molecule has 3 N–H and O–H groups in total. The molecule has 0 radical (unpaired) electrons. The van der Waals surface area contributed by atoms with Gasteiger partial charge in [-0.15, -0.1) is 0 Å². The predicted octanol–water partition coefficient (Wildman–Crippen LogP) is 4.26. The summed E-state index contributed by atoms with van der Waals surface area (Å²) in [5, 5.41) is 3.04. The molecule has 3 rings (SSSR count). The number of benzene rings is 2. The van der Waals surface area contributed by atoms with E-state index in [0.29, 0.717) is 13.2 Å². The van der Waals surface area contributed by atoms with E-state index in [2.05, 4.69) is 5.32 Å². The summed E-state index contributed by atoms with van der Waals surface area (Å²) in [6.07, 6.45) is 3.90.